The van der Waals surface area contributed by atoms with Crippen LogP contribution in [0.25, 0.3) is 0 Å². The van der Waals surface area contributed by atoms with E-state index in [9.17, 15) is 4.39 Å². The van der Waals surface area contributed by atoms with Crippen LogP contribution in [0.2, 0.25) is 0 Å². The highest BCUT2D eigenvalue weighted by atomic mass is 19.1. The number of nitriles is 1. The first-order chi connectivity index (χ1) is 6.24. The summed E-state index contributed by atoms with van der Waals surface area (Å²) in [7, 11) is 0. The van der Waals surface area contributed by atoms with Crippen molar-refractivity contribution < 1.29 is 9.13 Å². The van der Waals surface area contributed by atoms with Gasteiger partial charge in [-0.05, 0) is 18.6 Å². The van der Waals surface area contributed by atoms with E-state index in [4.69, 9.17) is 10.00 Å². The number of fused-ring (bicyclic) bond motifs is 1. The fraction of sp³-hybridized carbons (Fsp3) is 0.300. The SMILES string of the molecule is Cc1c(C#N)cc(F)c2c1CCO2. The van der Waals surface area contributed by atoms with Crippen LogP contribution in [0, 0.1) is 24.1 Å². The van der Waals surface area contributed by atoms with Crippen molar-refractivity contribution >= 4 is 0 Å². The molecular weight excluding hydrogens is 169 g/mol. The van der Waals surface area contributed by atoms with Gasteiger partial charge in [-0.2, -0.15) is 5.26 Å². The van der Waals surface area contributed by atoms with E-state index in [0.717, 1.165) is 11.1 Å². The van der Waals surface area contributed by atoms with Gasteiger partial charge in [0.15, 0.2) is 11.6 Å². The lowest BCUT2D eigenvalue weighted by molar-refractivity contribution is 0.339. The fourth-order valence-corrected chi connectivity index (χ4v) is 1.61. The Morgan fingerprint density at radius 2 is 2.38 bits per heavy atom. The number of hydrogen-bond donors (Lipinski definition) is 0. The van der Waals surface area contributed by atoms with Crippen LogP contribution in [0.15, 0.2) is 6.07 Å². The molecule has 0 fully saturated rings. The predicted octanol–water partition coefficient (Wildman–Crippen LogP) is 1.94. The van der Waals surface area contributed by atoms with Crippen molar-refractivity contribution in [1.82, 2.24) is 0 Å². The highest BCUT2D eigenvalue weighted by Crippen LogP contribution is 2.32. The maximum Gasteiger partial charge on any atom is 0.166 e. The number of ether oxygens (including phenoxy) is 1. The average Bonchev–Trinajstić information content (AvgIpc) is 2.60. The van der Waals surface area contributed by atoms with E-state index in [1.54, 1.807) is 0 Å². The van der Waals surface area contributed by atoms with Crippen LogP contribution >= 0.6 is 0 Å². The molecule has 0 amide bonds. The summed E-state index contributed by atoms with van der Waals surface area (Å²) in [5.74, 6) is -0.0915. The van der Waals surface area contributed by atoms with E-state index in [0.29, 0.717) is 24.3 Å². The van der Waals surface area contributed by atoms with Gasteiger partial charge in [-0.25, -0.2) is 4.39 Å². The molecule has 0 aliphatic carbocycles. The molecule has 0 aromatic heterocycles. The van der Waals surface area contributed by atoms with E-state index in [2.05, 4.69) is 0 Å². The van der Waals surface area contributed by atoms with Gasteiger partial charge < -0.3 is 4.74 Å². The number of halogens is 1. The van der Waals surface area contributed by atoms with Crippen molar-refractivity contribution in [3.05, 3.63) is 28.6 Å². The highest BCUT2D eigenvalue weighted by Gasteiger charge is 2.21. The van der Waals surface area contributed by atoms with Crippen LogP contribution in [0.1, 0.15) is 16.7 Å². The van der Waals surface area contributed by atoms with Gasteiger partial charge in [-0.15, -0.1) is 0 Å². The van der Waals surface area contributed by atoms with Crippen LogP contribution in [-0.4, -0.2) is 6.61 Å². The summed E-state index contributed by atoms with van der Waals surface area (Å²) >= 11 is 0. The Balaban J connectivity index is 2.71. The van der Waals surface area contributed by atoms with Crippen LogP contribution in [0.3, 0.4) is 0 Å². The highest BCUT2D eigenvalue weighted by molar-refractivity contribution is 5.51. The molecule has 0 N–H and O–H groups in total. The normalized spacial score (nSPS) is 13.3. The minimum Gasteiger partial charge on any atom is -0.490 e. The third-order valence-corrected chi connectivity index (χ3v) is 2.34. The molecule has 2 rings (SSSR count). The first kappa shape index (κ1) is 8.06. The van der Waals surface area contributed by atoms with Gasteiger partial charge >= 0.3 is 0 Å². The van der Waals surface area contributed by atoms with Gasteiger partial charge in [0.05, 0.1) is 18.2 Å². The second kappa shape index (κ2) is 2.74. The number of rotatable bonds is 0. The van der Waals surface area contributed by atoms with Crippen LogP contribution in [0.5, 0.6) is 5.75 Å². The summed E-state index contributed by atoms with van der Waals surface area (Å²) in [5, 5.41) is 8.72. The van der Waals surface area contributed by atoms with Crippen molar-refractivity contribution in [2.75, 3.05) is 6.61 Å². The molecule has 1 aromatic carbocycles. The van der Waals surface area contributed by atoms with Crippen molar-refractivity contribution in [2.24, 2.45) is 0 Å². The largest absolute Gasteiger partial charge is 0.490 e. The third-order valence-electron chi connectivity index (χ3n) is 2.34. The molecule has 0 atom stereocenters. The van der Waals surface area contributed by atoms with Crippen LogP contribution < -0.4 is 4.74 Å². The zero-order valence-corrected chi connectivity index (χ0v) is 7.22. The second-order valence-corrected chi connectivity index (χ2v) is 3.05. The molecule has 0 saturated carbocycles. The minimum absolute atomic E-state index is 0.330. The Bertz CT molecular complexity index is 406. The Hall–Kier alpha value is -1.56. The Labute approximate surface area is 75.6 Å². The smallest absolute Gasteiger partial charge is 0.166 e. The molecule has 2 nitrogen and oxygen atoms in total. The molecule has 0 radical (unpaired) electrons. The first-order valence-electron chi connectivity index (χ1n) is 4.09. The van der Waals surface area contributed by atoms with Crippen LogP contribution in [0.4, 0.5) is 4.39 Å². The van der Waals surface area contributed by atoms with Crippen molar-refractivity contribution in [3.8, 4) is 11.8 Å². The molecule has 1 aliphatic heterocycles. The van der Waals surface area contributed by atoms with E-state index >= 15 is 0 Å². The molecule has 1 heterocycles. The Morgan fingerprint density at radius 3 is 3.08 bits per heavy atom. The maximum atomic E-state index is 13.2. The Kier molecular flexibility index (Phi) is 1.70. The molecular formula is C10H8FNO. The standard InChI is InChI=1S/C10H8FNO/c1-6-7(5-12)4-9(11)10-8(6)2-3-13-10/h4H,2-3H2,1H3. The number of benzene rings is 1. The van der Waals surface area contributed by atoms with Gasteiger partial charge in [0.2, 0.25) is 0 Å². The Morgan fingerprint density at radius 1 is 1.62 bits per heavy atom. The van der Waals surface area contributed by atoms with Crippen LogP contribution in [-0.2, 0) is 6.42 Å². The molecule has 1 aromatic rings. The summed E-state index contributed by atoms with van der Waals surface area (Å²) in [6.45, 7) is 2.34. The number of nitrogens with zero attached hydrogens (tertiary/aromatic N) is 1. The van der Waals surface area contributed by atoms with E-state index in [-0.39, 0.29) is 0 Å². The monoisotopic (exact) mass is 177 g/mol. The number of hydrogen-bond acceptors (Lipinski definition) is 2. The molecule has 0 unspecified atom stereocenters. The van der Waals surface area contributed by atoms with E-state index < -0.39 is 5.82 Å². The van der Waals surface area contributed by atoms with Crippen molar-refractivity contribution in [1.29, 1.82) is 5.26 Å². The van der Waals surface area contributed by atoms with Gasteiger partial charge in [-0.1, -0.05) is 0 Å². The molecule has 66 valence electrons. The third kappa shape index (κ3) is 1.06. The zero-order chi connectivity index (χ0) is 9.42. The summed E-state index contributed by atoms with van der Waals surface area (Å²) in [6, 6.07) is 3.21. The summed E-state index contributed by atoms with van der Waals surface area (Å²) in [5.41, 5.74) is 2.09. The molecule has 13 heavy (non-hydrogen) atoms. The lowest BCUT2D eigenvalue weighted by atomic mass is 10.0. The minimum atomic E-state index is -0.422. The van der Waals surface area contributed by atoms with Crippen molar-refractivity contribution in [3.63, 3.8) is 0 Å². The second-order valence-electron chi connectivity index (χ2n) is 3.05. The van der Waals surface area contributed by atoms with Gasteiger partial charge in [0, 0.05) is 12.0 Å². The maximum absolute atomic E-state index is 13.2. The summed E-state index contributed by atoms with van der Waals surface area (Å²) in [4.78, 5) is 0. The lowest BCUT2D eigenvalue weighted by Gasteiger charge is -2.05. The zero-order valence-electron chi connectivity index (χ0n) is 7.22. The van der Waals surface area contributed by atoms with Gasteiger partial charge in [0.25, 0.3) is 0 Å². The fourth-order valence-electron chi connectivity index (χ4n) is 1.61. The lowest BCUT2D eigenvalue weighted by Crippen LogP contribution is -1.92. The predicted molar refractivity (Wildman–Crippen MR) is 45.1 cm³/mol. The molecule has 0 bridgehead atoms. The molecule has 0 spiro atoms. The van der Waals surface area contributed by atoms with E-state index in [1.165, 1.54) is 6.07 Å². The quantitative estimate of drug-likeness (QED) is 0.606. The average molecular weight is 177 g/mol. The molecule has 1 aliphatic rings. The van der Waals surface area contributed by atoms with Crippen molar-refractivity contribution in [2.45, 2.75) is 13.3 Å². The summed E-state index contributed by atoms with van der Waals surface area (Å²) in [6.07, 6.45) is 0.702. The topological polar surface area (TPSA) is 33.0 Å². The molecule has 3 heteroatoms. The van der Waals surface area contributed by atoms with Gasteiger partial charge in [0.1, 0.15) is 0 Å². The summed E-state index contributed by atoms with van der Waals surface area (Å²) < 4.78 is 18.4. The molecule has 0 saturated heterocycles. The van der Waals surface area contributed by atoms with E-state index in [1.807, 2.05) is 13.0 Å². The van der Waals surface area contributed by atoms with Gasteiger partial charge in [-0.3, -0.25) is 0 Å². The first-order valence-corrected chi connectivity index (χ1v) is 4.09.